The lowest BCUT2D eigenvalue weighted by molar-refractivity contribution is -0.126. The first kappa shape index (κ1) is 18.7. The molecule has 1 aromatic carbocycles. The third-order valence-electron chi connectivity index (χ3n) is 5.87. The van der Waals surface area contributed by atoms with Crippen molar-refractivity contribution in [3.05, 3.63) is 36.3 Å². The van der Waals surface area contributed by atoms with Gasteiger partial charge in [-0.05, 0) is 43.7 Å². The van der Waals surface area contributed by atoms with E-state index in [-0.39, 0.29) is 17.7 Å². The number of aromatic nitrogens is 2. The minimum Gasteiger partial charge on any atom is -0.344 e. The van der Waals surface area contributed by atoms with Gasteiger partial charge in [0.1, 0.15) is 11.9 Å². The highest BCUT2D eigenvalue weighted by Gasteiger charge is 2.31. The van der Waals surface area contributed by atoms with E-state index in [2.05, 4.69) is 21.4 Å². The van der Waals surface area contributed by atoms with Crippen LogP contribution >= 0.6 is 0 Å². The number of rotatable bonds is 5. The van der Waals surface area contributed by atoms with Gasteiger partial charge in [-0.2, -0.15) is 0 Å². The summed E-state index contributed by atoms with van der Waals surface area (Å²) in [6, 6.07) is 7.34. The van der Waals surface area contributed by atoms with Crippen molar-refractivity contribution in [2.75, 3.05) is 5.32 Å². The van der Waals surface area contributed by atoms with E-state index in [0.29, 0.717) is 0 Å². The second-order valence-electron chi connectivity index (χ2n) is 7.98. The zero-order chi connectivity index (χ0) is 19.5. The van der Waals surface area contributed by atoms with Gasteiger partial charge in [-0.25, -0.2) is 4.98 Å². The molecule has 2 N–H and O–H groups in total. The number of hydrogen-bond donors (Lipinski definition) is 2. The first-order valence-corrected chi connectivity index (χ1v) is 10.3. The molecule has 0 bridgehead atoms. The number of hydrogen-bond acceptors (Lipinski definition) is 3. The van der Waals surface area contributed by atoms with Crippen LogP contribution in [0, 0.1) is 5.92 Å². The predicted octanol–water partition coefficient (Wildman–Crippen LogP) is 3.52. The summed E-state index contributed by atoms with van der Waals surface area (Å²) in [6.07, 6.45) is 9.80. The highest BCUT2D eigenvalue weighted by atomic mass is 16.2. The van der Waals surface area contributed by atoms with Gasteiger partial charge in [0.05, 0.1) is 5.69 Å². The van der Waals surface area contributed by atoms with Crippen molar-refractivity contribution in [2.45, 2.75) is 64.5 Å². The zero-order valence-corrected chi connectivity index (χ0v) is 16.4. The van der Waals surface area contributed by atoms with Crippen LogP contribution in [0.25, 0.3) is 11.3 Å². The summed E-state index contributed by atoms with van der Waals surface area (Å²) in [5, 5.41) is 5.82. The van der Waals surface area contributed by atoms with Gasteiger partial charge in [-0.1, -0.05) is 25.0 Å². The van der Waals surface area contributed by atoms with Gasteiger partial charge >= 0.3 is 0 Å². The first-order chi connectivity index (χ1) is 13.6. The molecule has 1 fully saturated rings. The molecule has 2 aromatic rings. The van der Waals surface area contributed by atoms with Crippen LogP contribution in [0.5, 0.6) is 0 Å². The summed E-state index contributed by atoms with van der Waals surface area (Å²) in [5.41, 5.74) is 2.78. The molecule has 0 spiro atoms. The van der Waals surface area contributed by atoms with E-state index in [1.165, 1.54) is 19.8 Å². The maximum Gasteiger partial charge on any atom is 0.247 e. The second-order valence-corrected chi connectivity index (χ2v) is 7.98. The third-order valence-corrected chi connectivity index (χ3v) is 5.87. The summed E-state index contributed by atoms with van der Waals surface area (Å²) in [6.45, 7) is 2.51. The van der Waals surface area contributed by atoms with Crippen LogP contribution < -0.4 is 10.6 Å². The number of nitrogens with zero attached hydrogens (tertiary/aromatic N) is 2. The van der Waals surface area contributed by atoms with Crippen molar-refractivity contribution in [3.63, 3.8) is 0 Å². The van der Waals surface area contributed by atoms with Crippen LogP contribution in [0.3, 0.4) is 0 Å². The molecular weight excluding hydrogens is 352 g/mol. The number of amides is 2. The highest BCUT2D eigenvalue weighted by molar-refractivity contribution is 5.97. The van der Waals surface area contributed by atoms with E-state index in [1.807, 2.05) is 24.3 Å². The van der Waals surface area contributed by atoms with E-state index in [1.54, 1.807) is 0 Å². The molecule has 6 heteroatoms. The Kier molecular flexibility index (Phi) is 5.46. The van der Waals surface area contributed by atoms with Crippen molar-refractivity contribution in [1.29, 1.82) is 0 Å². The van der Waals surface area contributed by atoms with E-state index >= 15 is 0 Å². The van der Waals surface area contributed by atoms with E-state index < -0.39 is 6.04 Å². The Morgan fingerprint density at radius 1 is 1.11 bits per heavy atom. The number of aryl methyl sites for hydroxylation is 2. The maximum absolute atomic E-state index is 12.8. The Morgan fingerprint density at radius 2 is 1.86 bits per heavy atom. The molecule has 0 saturated heterocycles. The van der Waals surface area contributed by atoms with Gasteiger partial charge < -0.3 is 15.2 Å². The number of anilines is 1. The van der Waals surface area contributed by atoms with Gasteiger partial charge in [0.15, 0.2) is 0 Å². The zero-order valence-electron chi connectivity index (χ0n) is 16.4. The van der Waals surface area contributed by atoms with Crippen molar-refractivity contribution in [2.24, 2.45) is 5.92 Å². The van der Waals surface area contributed by atoms with E-state index in [0.717, 1.165) is 61.4 Å². The third kappa shape index (κ3) is 4.11. The fraction of sp³-hybridized carbons (Fsp3) is 0.500. The highest BCUT2D eigenvalue weighted by Crippen LogP contribution is 2.29. The fourth-order valence-electron chi connectivity index (χ4n) is 4.40. The number of benzene rings is 1. The predicted molar refractivity (Wildman–Crippen MR) is 109 cm³/mol. The molecule has 2 amide bonds. The Balaban J connectivity index is 1.45. The largest absolute Gasteiger partial charge is 0.344 e. The fourth-order valence-corrected chi connectivity index (χ4v) is 4.40. The van der Waals surface area contributed by atoms with E-state index in [9.17, 15) is 9.59 Å². The number of nitrogens with one attached hydrogen (secondary N) is 2. The maximum atomic E-state index is 12.8. The average molecular weight is 380 g/mol. The number of carbonyl (C=O) groups excluding carboxylic acids is 2. The molecule has 1 aromatic heterocycles. The number of imidazole rings is 1. The van der Waals surface area contributed by atoms with Crippen LogP contribution in [0.1, 0.15) is 51.3 Å². The molecule has 0 radical (unpaired) electrons. The number of fused-ring (bicyclic) bond motifs is 1. The van der Waals surface area contributed by atoms with Gasteiger partial charge in [-0.15, -0.1) is 0 Å². The molecule has 1 saturated carbocycles. The molecule has 2 heterocycles. The standard InChI is InChI=1S/C22H28N4O2/c1-15(27)23-21(17-6-2-3-7-17)22(28)24-18-11-9-16(10-12-18)19-14-26-13-5-4-8-20(26)25-19/h9-12,14,17,21H,2-8,13H2,1H3,(H,23,27)(H,24,28). The molecule has 1 atom stereocenters. The van der Waals surface area contributed by atoms with Crippen molar-refractivity contribution in [3.8, 4) is 11.3 Å². The van der Waals surface area contributed by atoms with Gasteiger partial charge in [0, 0.05) is 37.3 Å². The second kappa shape index (κ2) is 8.17. The van der Waals surface area contributed by atoms with Gasteiger partial charge in [0.25, 0.3) is 0 Å². The summed E-state index contributed by atoms with van der Waals surface area (Å²) in [4.78, 5) is 29.1. The van der Waals surface area contributed by atoms with Crippen molar-refractivity contribution >= 4 is 17.5 Å². The average Bonchev–Trinajstić information content (AvgIpc) is 3.36. The quantitative estimate of drug-likeness (QED) is 0.833. The molecule has 4 rings (SSSR count). The van der Waals surface area contributed by atoms with Gasteiger partial charge in [-0.3, -0.25) is 9.59 Å². The molecule has 1 aliphatic carbocycles. The Hall–Kier alpha value is -2.63. The van der Waals surface area contributed by atoms with Crippen LogP contribution in [-0.2, 0) is 22.6 Å². The Bertz CT molecular complexity index is 826. The smallest absolute Gasteiger partial charge is 0.247 e. The Morgan fingerprint density at radius 3 is 2.54 bits per heavy atom. The van der Waals surface area contributed by atoms with Gasteiger partial charge in [0.2, 0.25) is 11.8 Å². The van der Waals surface area contributed by atoms with Crippen LogP contribution in [0.4, 0.5) is 5.69 Å². The van der Waals surface area contributed by atoms with Crippen LogP contribution in [0.15, 0.2) is 30.5 Å². The molecule has 6 nitrogen and oxygen atoms in total. The Labute approximate surface area is 165 Å². The van der Waals surface area contributed by atoms with E-state index in [4.69, 9.17) is 4.98 Å². The lowest BCUT2D eigenvalue weighted by Crippen LogP contribution is -2.47. The minimum atomic E-state index is -0.459. The SMILES string of the molecule is CC(=O)NC(C(=O)Nc1ccc(-c2cn3c(n2)CCCC3)cc1)C1CCCC1. The topological polar surface area (TPSA) is 76.0 Å². The van der Waals surface area contributed by atoms with Crippen LogP contribution in [0.2, 0.25) is 0 Å². The molecule has 1 unspecified atom stereocenters. The lowest BCUT2D eigenvalue weighted by Gasteiger charge is -2.23. The lowest BCUT2D eigenvalue weighted by atomic mass is 9.97. The summed E-state index contributed by atoms with van der Waals surface area (Å²) in [5.74, 6) is 1.09. The molecule has 148 valence electrons. The monoisotopic (exact) mass is 380 g/mol. The summed E-state index contributed by atoms with van der Waals surface area (Å²) >= 11 is 0. The minimum absolute atomic E-state index is 0.132. The number of carbonyl (C=O) groups is 2. The van der Waals surface area contributed by atoms with Crippen molar-refractivity contribution < 1.29 is 9.59 Å². The normalized spacial score (nSPS) is 17.8. The van der Waals surface area contributed by atoms with Crippen LogP contribution in [-0.4, -0.2) is 27.4 Å². The molecule has 2 aliphatic rings. The first-order valence-electron chi connectivity index (χ1n) is 10.3. The summed E-state index contributed by atoms with van der Waals surface area (Å²) in [7, 11) is 0. The summed E-state index contributed by atoms with van der Waals surface area (Å²) < 4.78 is 2.24. The molecule has 1 aliphatic heterocycles. The molecule has 28 heavy (non-hydrogen) atoms. The van der Waals surface area contributed by atoms with Crippen molar-refractivity contribution in [1.82, 2.24) is 14.9 Å². The molecular formula is C22H28N4O2.